The van der Waals surface area contributed by atoms with E-state index in [2.05, 4.69) is 0 Å². The molecule has 0 aromatic rings. The van der Waals surface area contributed by atoms with Gasteiger partial charge >= 0.3 is 60.1 Å². The van der Waals surface area contributed by atoms with Crippen LogP contribution in [0.3, 0.4) is 0 Å². The van der Waals surface area contributed by atoms with E-state index in [0.717, 1.165) is 0 Å². The minimum absolute atomic E-state index is 0. The van der Waals surface area contributed by atoms with E-state index < -0.39 is 22.3 Å². The van der Waals surface area contributed by atoms with E-state index in [1.807, 2.05) is 0 Å². The minimum Gasteiger partial charge on any atom is -1.00 e. The second-order valence-electron chi connectivity index (χ2n) is 1.50. The average Bonchev–Trinajstić information content (AvgIpc) is 1.41. The van der Waals surface area contributed by atoms with Gasteiger partial charge in [0.25, 0.3) is 0 Å². The first-order chi connectivity index (χ1) is 6.00. The van der Waals surface area contributed by atoms with Crippen molar-refractivity contribution < 1.29 is 94.3 Å². The van der Waals surface area contributed by atoms with Crippen LogP contribution in [-0.4, -0.2) is 29.2 Å². The van der Waals surface area contributed by atoms with Gasteiger partial charge in [-0.1, -0.05) is 0 Å². The van der Waals surface area contributed by atoms with Gasteiger partial charge < -0.3 is 52.1 Å². The third-order valence-corrected chi connectivity index (χ3v) is 0. The first-order valence-corrected chi connectivity index (χ1v) is 4.09. The molecule has 0 aliphatic rings. The Morgan fingerprint density at radius 3 is 0.706 bits per heavy atom. The summed E-state index contributed by atoms with van der Waals surface area (Å²) in [5.41, 5.74) is 0. The third-order valence-electron chi connectivity index (χ3n) is 0. The molecular formula is H5B2F8Li2O4P-2. The summed E-state index contributed by atoms with van der Waals surface area (Å²) in [6.45, 7) is 0. The normalized spacial score (nSPS) is 10.5. The Hall–Kier alpha value is 0.875. The zero-order chi connectivity index (χ0) is 13.5. The Morgan fingerprint density at radius 1 is 0.706 bits per heavy atom. The first-order valence-electron chi connectivity index (χ1n) is 2.53. The van der Waals surface area contributed by atoms with Gasteiger partial charge in [0.05, 0.1) is 0 Å². The SMILES string of the molecule is F[B-](F)(F)F.F[B-](F)(F)F.O=P(O)(O)O.[H-].[H-].[Li+].[Li+]. The van der Waals surface area contributed by atoms with E-state index in [9.17, 15) is 34.5 Å². The van der Waals surface area contributed by atoms with E-state index in [0.29, 0.717) is 0 Å². The fourth-order valence-corrected chi connectivity index (χ4v) is 0. The number of rotatable bonds is 0. The maximum Gasteiger partial charge on any atom is 1.00 e. The summed E-state index contributed by atoms with van der Waals surface area (Å²) >= 11 is 0. The Labute approximate surface area is 117 Å². The number of hydrogen-bond acceptors (Lipinski definition) is 1. The minimum atomic E-state index is -6.00. The molecule has 100 valence electrons. The van der Waals surface area contributed by atoms with Gasteiger partial charge in [-0.2, -0.15) is 0 Å². The zero-order valence-electron chi connectivity index (χ0n) is 10.4. The van der Waals surface area contributed by atoms with Crippen molar-refractivity contribution in [3.8, 4) is 0 Å². The van der Waals surface area contributed by atoms with Crippen molar-refractivity contribution in [1.29, 1.82) is 0 Å². The molecule has 0 bridgehead atoms. The summed E-state index contributed by atoms with van der Waals surface area (Å²) < 4.78 is 86.9. The van der Waals surface area contributed by atoms with Crippen LogP contribution in [0.5, 0.6) is 0 Å². The predicted octanol–water partition coefficient (Wildman–Crippen LogP) is -4.10. The molecule has 0 aliphatic carbocycles. The van der Waals surface area contributed by atoms with E-state index in [4.69, 9.17) is 19.2 Å². The topological polar surface area (TPSA) is 77.8 Å². The molecular weight excluding hydrogens is 282 g/mol. The molecule has 3 N–H and O–H groups in total. The molecule has 0 radical (unpaired) electrons. The Morgan fingerprint density at radius 2 is 0.706 bits per heavy atom. The van der Waals surface area contributed by atoms with Crippen molar-refractivity contribution in [3.63, 3.8) is 0 Å². The summed E-state index contributed by atoms with van der Waals surface area (Å²) in [5, 5.41) is 0. The second kappa shape index (κ2) is 11.9. The van der Waals surface area contributed by atoms with Crippen LogP contribution in [0.15, 0.2) is 0 Å². The van der Waals surface area contributed by atoms with Crippen LogP contribution >= 0.6 is 7.82 Å². The summed E-state index contributed by atoms with van der Waals surface area (Å²) in [6.07, 6.45) is 0. The van der Waals surface area contributed by atoms with Crippen molar-refractivity contribution in [1.82, 2.24) is 0 Å². The monoisotopic (exact) mass is 288 g/mol. The van der Waals surface area contributed by atoms with Crippen LogP contribution in [0.4, 0.5) is 34.5 Å². The molecule has 17 heteroatoms. The van der Waals surface area contributed by atoms with Gasteiger partial charge in [-0.3, -0.25) is 0 Å². The van der Waals surface area contributed by atoms with Crippen LogP contribution in [-0.2, 0) is 4.57 Å². The molecule has 0 aromatic heterocycles. The third kappa shape index (κ3) is 4880. The van der Waals surface area contributed by atoms with Crippen LogP contribution in [0, 0.1) is 0 Å². The van der Waals surface area contributed by atoms with Crippen molar-refractivity contribution in [2.45, 2.75) is 0 Å². The van der Waals surface area contributed by atoms with E-state index in [-0.39, 0.29) is 40.6 Å². The molecule has 0 unspecified atom stereocenters. The molecule has 0 amide bonds. The summed E-state index contributed by atoms with van der Waals surface area (Å²) in [5.74, 6) is 0. The van der Waals surface area contributed by atoms with Crippen molar-refractivity contribution in [2.75, 3.05) is 0 Å². The average molecular weight is 287 g/mol. The van der Waals surface area contributed by atoms with Gasteiger partial charge in [0.15, 0.2) is 0 Å². The van der Waals surface area contributed by atoms with Crippen LogP contribution in [0.2, 0.25) is 0 Å². The molecule has 4 nitrogen and oxygen atoms in total. The molecule has 0 atom stereocenters. The van der Waals surface area contributed by atoms with E-state index >= 15 is 0 Å². The number of halogens is 8. The van der Waals surface area contributed by atoms with Crippen LogP contribution in [0.1, 0.15) is 2.85 Å². The molecule has 0 aliphatic heterocycles. The Bertz CT molecular complexity index is 176. The smallest absolute Gasteiger partial charge is 1.00 e. The Balaban J connectivity index is -0.0000000206. The number of hydrogen-bond donors (Lipinski definition) is 3. The Kier molecular flexibility index (Phi) is 21.6. The van der Waals surface area contributed by atoms with Crippen LogP contribution < -0.4 is 37.7 Å². The summed E-state index contributed by atoms with van der Waals surface area (Å²) in [7, 11) is -16.6. The molecule has 0 saturated heterocycles. The second-order valence-corrected chi connectivity index (χ2v) is 2.53. The first kappa shape index (κ1) is 30.7. The quantitative estimate of drug-likeness (QED) is 0.240. The standard InChI is InChI=1S/2BF4.2Li.H3O4P.2H/c2*2-1(3,4)5;;;1-5(2,3)4;;/h;;;;(H3,1,2,3,4);;/q2*-1;2*+1;;2*-1. The maximum atomic E-state index is 9.75. The van der Waals surface area contributed by atoms with Crippen molar-refractivity contribution in [2.24, 2.45) is 0 Å². The zero-order valence-corrected chi connectivity index (χ0v) is 9.27. The van der Waals surface area contributed by atoms with Crippen molar-refractivity contribution >= 4 is 22.3 Å². The molecule has 0 fully saturated rings. The number of phosphoric acid groups is 1. The molecule has 17 heavy (non-hydrogen) atoms. The van der Waals surface area contributed by atoms with Gasteiger partial charge in [0.1, 0.15) is 0 Å². The largest absolute Gasteiger partial charge is 1.00 e. The molecule has 0 heterocycles. The summed E-state index contributed by atoms with van der Waals surface area (Å²) in [6, 6.07) is 0. The maximum absolute atomic E-state index is 9.75. The fraction of sp³-hybridized carbons (Fsp3) is 0. The van der Waals surface area contributed by atoms with Crippen LogP contribution in [0.25, 0.3) is 0 Å². The van der Waals surface area contributed by atoms with Gasteiger partial charge in [0, 0.05) is 0 Å². The molecule has 0 saturated carbocycles. The van der Waals surface area contributed by atoms with Gasteiger partial charge in [-0.15, -0.1) is 0 Å². The van der Waals surface area contributed by atoms with E-state index in [1.165, 1.54) is 0 Å². The van der Waals surface area contributed by atoms with Gasteiger partial charge in [-0.25, -0.2) is 4.57 Å². The molecule has 0 aromatic carbocycles. The van der Waals surface area contributed by atoms with E-state index in [1.54, 1.807) is 0 Å². The fourth-order valence-electron chi connectivity index (χ4n) is 0. The predicted molar refractivity (Wildman–Crippen MR) is 36.9 cm³/mol. The molecule has 0 spiro atoms. The van der Waals surface area contributed by atoms with Gasteiger partial charge in [-0.05, 0) is 0 Å². The van der Waals surface area contributed by atoms with Gasteiger partial charge in [0.2, 0.25) is 0 Å². The van der Waals surface area contributed by atoms with Crippen molar-refractivity contribution in [3.05, 3.63) is 0 Å². The summed E-state index contributed by atoms with van der Waals surface area (Å²) in [4.78, 5) is 21.6. The molecule has 0 rings (SSSR count).